The van der Waals surface area contributed by atoms with Crippen LogP contribution in [0.2, 0.25) is 0 Å². The van der Waals surface area contributed by atoms with Crippen LogP contribution in [0.3, 0.4) is 0 Å². The fraction of sp³-hybridized carbons (Fsp3) is 0.315. The molecule has 0 spiro atoms. The first-order chi connectivity index (χ1) is 55.5. The summed E-state index contributed by atoms with van der Waals surface area (Å²) in [6.45, 7) is -1.63. The van der Waals surface area contributed by atoms with Gasteiger partial charge >= 0.3 is 0 Å². The van der Waals surface area contributed by atoms with Crippen molar-refractivity contribution in [3.8, 4) is 11.5 Å². The lowest BCUT2D eigenvalue weighted by atomic mass is 10.0. The van der Waals surface area contributed by atoms with Crippen molar-refractivity contribution in [2.75, 3.05) is 56.5 Å². The standard InChI is InChI=1S/C20H24N6O5.C19H21N5O5.C18H18FN5O4.C16H17N7O4/c21-12-5-6-23-18-15(12)24-9-26(18)20-17(29)16(14(8-27)31-20)25-19(30)13(22)7-10-1-3-11(28)4-2-10;1-28-11-4-2-3-10(7-11)18(27)23-15-13(8-25)29-19(16(15)26)24-9-22-14-12(20)5-6-21-17(14)24;19-10-3-1-9(2-4-10)17(27)23-14-12(7-25)28-18(15(14)26)24-8-22-13-11(20)5-6-21-16(13)24;17-13-11-14(20-6-19-13)23(7-21-11)16-12(25)10(9(5-24)27-16)22-15(26)8-2-1-3-18-4-8/h1-6,9,13-14,16-17,20,27-29H,7-8,22H2,(H2,21,23)(H,25,30);2-7,9,13,15-16,19,25-26H,8H2,1H3,(H2,20,21)(H,23,27);1-6,8,12,14-15,18,25-26H,7H2,(H2,20,21)(H,23,27);1-4,6-7,9-10,12,16,24-25H,5H2,(H,22,26)(H2,17,19,20)/t13?,14-,16?,17+,20-;13-,15?,16+,19-;12-,14?,15+,18-;9-,10?,12+,16-/m1111/s1. The van der Waals surface area contributed by atoms with E-state index in [1.807, 2.05) is 0 Å². The first-order valence-corrected chi connectivity index (χ1v) is 35.5. The van der Waals surface area contributed by atoms with E-state index in [9.17, 15) is 69.5 Å². The number of phenols is 1. The van der Waals surface area contributed by atoms with Gasteiger partial charge in [0.25, 0.3) is 17.7 Å². The molecule has 16 rings (SSSR count). The Kier molecular flexibility index (Phi) is 24.6. The third-order valence-corrected chi connectivity index (χ3v) is 19.5. The third-order valence-electron chi connectivity index (χ3n) is 19.5. The molecule has 23 N–H and O–H groups in total. The highest BCUT2D eigenvalue weighted by atomic mass is 19.1. The Morgan fingerprint density at radius 1 is 0.478 bits per heavy atom. The van der Waals surface area contributed by atoms with E-state index in [1.165, 1.54) is 106 Å². The Balaban J connectivity index is 0.000000134. The summed E-state index contributed by atoms with van der Waals surface area (Å²) in [6, 6.07) is 21.7. The van der Waals surface area contributed by atoms with E-state index in [4.69, 9.17) is 52.4 Å². The predicted octanol–water partition coefficient (Wildman–Crippen LogP) is -1.85. The molecule has 0 bridgehead atoms. The number of carbonyl (C=O) groups is 4. The van der Waals surface area contributed by atoms with Crippen molar-refractivity contribution >= 4 is 91.2 Å². The lowest BCUT2D eigenvalue weighted by Crippen LogP contribution is -2.53. The van der Waals surface area contributed by atoms with E-state index < -0.39 is 160 Å². The van der Waals surface area contributed by atoms with Crippen molar-refractivity contribution in [3.63, 3.8) is 0 Å². The quantitative estimate of drug-likeness (QED) is 0.0422. The predicted molar refractivity (Wildman–Crippen MR) is 403 cm³/mol. The summed E-state index contributed by atoms with van der Waals surface area (Å²) in [7, 11) is 1.51. The van der Waals surface area contributed by atoms with Crippen LogP contribution >= 0.6 is 0 Å². The van der Waals surface area contributed by atoms with Gasteiger partial charge in [0.2, 0.25) is 5.91 Å². The number of carbonyl (C=O) groups excluding carboxylic acids is 4. The molecule has 3 aromatic carbocycles. The summed E-state index contributed by atoms with van der Waals surface area (Å²) in [4.78, 5) is 91.5. The highest BCUT2D eigenvalue weighted by molar-refractivity contribution is 5.96. The Morgan fingerprint density at radius 3 is 1.30 bits per heavy atom. The Morgan fingerprint density at radius 2 is 0.878 bits per heavy atom. The van der Waals surface area contributed by atoms with Gasteiger partial charge in [-0.1, -0.05) is 18.2 Å². The second-order valence-electron chi connectivity index (χ2n) is 26.7. The normalized spacial score (nSPS) is 24.4. The number of nitrogens with zero attached hydrogens (tertiary/aromatic N) is 14. The number of nitrogen functional groups attached to an aromatic ring is 4. The average molecular weight is 1590 g/mol. The van der Waals surface area contributed by atoms with E-state index in [0.29, 0.717) is 78.6 Å². The van der Waals surface area contributed by atoms with Gasteiger partial charge in [0.05, 0.1) is 112 Å². The zero-order chi connectivity index (χ0) is 81.5. The van der Waals surface area contributed by atoms with Crippen LogP contribution in [0.5, 0.6) is 11.5 Å². The summed E-state index contributed by atoms with van der Waals surface area (Å²) < 4.78 is 47.4. The number of amides is 4. The van der Waals surface area contributed by atoms with Crippen LogP contribution in [-0.2, 0) is 30.2 Å². The number of hydrogen-bond acceptors (Lipinski definition) is 33. The largest absolute Gasteiger partial charge is 0.508 e. The molecule has 4 aliphatic heterocycles. The summed E-state index contributed by atoms with van der Waals surface area (Å²) in [5, 5.41) is 102. The molecule has 13 heterocycles. The number of halogens is 1. The van der Waals surface area contributed by atoms with Crippen LogP contribution in [0, 0.1) is 5.82 Å². The van der Waals surface area contributed by atoms with E-state index >= 15 is 0 Å². The monoisotopic (exact) mass is 1590 g/mol. The molecule has 4 saturated heterocycles. The number of fused-ring (bicyclic) bond motifs is 4. The first kappa shape index (κ1) is 80.4. The molecule has 9 aromatic heterocycles. The molecule has 0 aliphatic carbocycles. The number of ether oxygens (including phenoxy) is 5. The van der Waals surface area contributed by atoms with Gasteiger partial charge in [-0.2, -0.15) is 0 Å². The maximum Gasteiger partial charge on any atom is 0.253 e. The number of methoxy groups -OCH3 is 1. The summed E-state index contributed by atoms with van der Waals surface area (Å²) in [5.41, 5.74) is 35.9. The molecule has 115 heavy (non-hydrogen) atoms. The number of benzene rings is 3. The molecule has 602 valence electrons. The van der Waals surface area contributed by atoms with Crippen LogP contribution < -0.4 is 54.7 Å². The number of nitrogens with one attached hydrogen (secondary N) is 4. The van der Waals surface area contributed by atoms with Crippen LogP contribution in [-0.4, -0.2) is 250 Å². The minimum atomic E-state index is -1.19. The topological polar surface area (TPSA) is 623 Å². The Labute approximate surface area is 649 Å². The Hall–Kier alpha value is -12.7. The molecular weight excluding hydrogens is 1510 g/mol. The van der Waals surface area contributed by atoms with E-state index in [-0.39, 0.29) is 23.6 Å². The molecule has 17 atom stereocenters. The molecule has 0 radical (unpaired) electrons. The molecule has 4 amide bonds. The number of anilines is 4. The van der Waals surface area contributed by atoms with Gasteiger partial charge in [-0.25, -0.2) is 49.2 Å². The van der Waals surface area contributed by atoms with Crippen LogP contribution in [0.25, 0.3) is 44.7 Å². The third kappa shape index (κ3) is 16.9. The summed E-state index contributed by atoms with van der Waals surface area (Å²) in [5.74, 6) is -1.49. The number of nitrogens with two attached hydrogens (primary N) is 5. The van der Waals surface area contributed by atoms with Crippen molar-refractivity contribution in [2.24, 2.45) is 5.73 Å². The number of aliphatic hydroxyl groups is 8. The molecule has 42 heteroatoms. The molecule has 12 aromatic rings. The average Bonchev–Trinajstić information content (AvgIpc) is 1.63. The molecular formula is C73H80FN23O18. The number of rotatable bonds is 19. The number of imidazole rings is 4. The first-order valence-electron chi connectivity index (χ1n) is 35.5. The zero-order valence-corrected chi connectivity index (χ0v) is 60.7. The second-order valence-corrected chi connectivity index (χ2v) is 26.7. The van der Waals surface area contributed by atoms with Crippen molar-refractivity contribution in [3.05, 3.63) is 194 Å². The number of aromatic hydroxyl groups is 1. The maximum atomic E-state index is 13.0. The fourth-order valence-electron chi connectivity index (χ4n) is 13.5. The number of pyridine rings is 4. The van der Waals surface area contributed by atoms with Gasteiger partial charge in [-0.15, -0.1) is 0 Å². The SMILES string of the molecule is COc1cccc(C(=O)NC2[C@@H](CO)O[C@@H](n3cnc4c(N)ccnc43)[C@H]2O)c1.Nc1ccnc2c1ncn2[C@@H]1O[C@H](CO)C(NC(=O)C(N)Cc2ccc(O)cc2)[C@@H]1O.Nc1ccnc2c1ncn2[C@@H]1O[C@H](CO)C(NC(=O)c2ccc(F)cc2)[C@@H]1O.Nc1ncnc2c1ncn2[C@@H]1O[C@H](CO)C(NC(=O)c2cccnc2)[C@@H]1O. The van der Waals surface area contributed by atoms with Gasteiger partial charge < -0.3 is 120 Å². The Bertz CT molecular complexity index is 5400. The van der Waals surface area contributed by atoms with Crippen LogP contribution in [0.1, 0.15) is 61.5 Å². The number of aromatic nitrogens is 14. The van der Waals surface area contributed by atoms with E-state index in [2.05, 4.69) is 71.1 Å². The van der Waals surface area contributed by atoms with Crippen molar-refractivity contribution in [1.29, 1.82) is 0 Å². The highest BCUT2D eigenvalue weighted by Crippen LogP contribution is 2.37. The van der Waals surface area contributed by atoms with Crippen molar-refractivity contribution in [2.45, 2.75) is 110 Å². The summed E-state index contributed by atoms with van der Waals surface area (Å²) in [6.07, 6.45) is 3.05. The lowest BCUT2D eigenvalue weighted by Gasteiger charge is -2.23. The highest BCUT2D eigenvalue weighted by Gasteiger charge is 2.50. The zero-order valence-electron chi connectivity index (χ0n) is 60.7. The molecule has 4 aliphatic rings. The molecule has 41 nitrogen and oxygen atoms in total. The number of phenolic OH excluding ortho intramolecular Hbond substituents is 1. The minimum Gasteiger partial charge on any atom is -0.508 e. The van der Waals surface area contributed by atoms with E-state index in [0.717, 1.165) is 17.7 Å². The van der Waals surface area contributed by atoms with Crippen molar-refractivity contribution in [1.82, 2.24) is 89.4 Å². The number of hydrogen-bond donors (Lipinski definition) is 18. The molecule has 5 unspecified atom stereocenters. The molecule has 0 saturated carbocycles. The van der Waals surface area contributed by atoms with E-state index in [1.54, 1.807) is 72.9 Å². The fourth-order valence-corrected chi connectivity index (χ4v) is 13.5. The van der Waals surface area contributed by atoms with Gasteiger partial charge in [-0.05, 0) is 96.9 Å². The van der Waals surface area contributed by atoms with Gasteiger partial charge in [0.1, 0.15) is 94.5 Å². The van der Waals surface area contributed by atoms with Crippen LogP contribution in [0.15, 0.2) is 166 Å². The van der Waals surface area contributed by atoms with Crippen LogP contribution in [0.4, 0.5) is 27.3 Å². The summed E-state index contributed by atoms with van der Waals surface area (Å²) >= 11 is 0. The van der Waals surface area contributed by atoms with Gasteiger partial charge in [0.15, 0.2) is 53.3 Å². The van der Waals surface area contributed by atoms with Gasteiger partial charge in [-0.3, -0.25) is 42.4 Å². The van der Waals surface area contributed by atoms with Crippen molar-refractivity contribution < 1.29 is 93.2 Å². The lowest BCUT2D eigenvalue weighted by molar-refractivity contribution is -0.124. The second kappa shape index (κ2) is 35.1. The maximum absolute atomic E-state index is 13.0. The smallest absolute Gasteiger partial charge is 0.253 e. The number of aliphatic hydroxyl groups excluding tert-OH is 8. The van der Waals surface area contributed by atoms with Gasteiger partial charge in [0, 0.05) is 42.1 Å². The minimum absolute atomic E-state index is 0.119. The molecule has 4 fully saturated rings.